The van der Waals surface area contributed by atoms with E-state index in [9.17, 15) is 0 Å². The van der Waals surface area contributed by atoms with E-state index in [1.807, 2.05) is 6.92 Å². The van der Waals surface area contributed by atoms with Crippen molar-refractivity contribution < 1.29 is 4.74 Å². The number of thiazole rings is 1. The van der Waals surface area contributed by atoms with E-state index in [4.69, 9.17) is 10.6 Å². The number of morpholine rings is 1. The van der Waals surface area contributed by atoms with Crippen LogP contribution in [0.4, 0.5) is 0 Å². The van der Waals surface area contributed by atoms with Crippen LogP contribution < -0.4 is 11.3 Å². The highest BCUT2D eigenvalue weighted by Gasteiger charge is 2.36. The van der Waals surface area contributed by atoms with Gasteiger partial charge in [-0.2, -0.15) is 0 Å². The Morgan fingerprint density at radius 3 is 2.74 bits per heavy atom. The first-order valence-electron chi connectivity index (χ1n) is 6.74. The van der Waals surface area contributed by atoms with Gasteiger partial charge in [0.2, 0.25) is 0 Å². The molecule has 0 spiro atoms. The van der Waals surface area contributed by atoms with Crippen LogP contribution in [-0.2, 0) is 11.2 Å². The standard InChI is InChI=1S/C13H24N4OS/c1-10-15-11(9-19-10)8-12(16-14)13(2,3)17-4-6-18-7-5-17/h9,12,16H,4-8,14H2,1-3H3. The molecule has 19 heavy (non-hydrogen) atoms. The second kappa shape index (κ2) is 6.28. The monoisotopic (exact) mass is 284 g/mol. The number of hydrogen-bond donors (Lipinski definition) is 2. The number of nitrogens with one attached hydrogen (secondary N) is 1. The molecule has 1 saturated heterocycles. The fourth-order valence-corrected chi connectivity index (χ4v) is 3.21. The fraction of sp³-hybridized carbons (Fsp3) is 0.769. The number of nitrogens with zero attached hydrogens (tertiary/aromatic N) is 2. The summed E-state index contributed by atoms with van der Waals surface area (Å²) in [5, 5.41) is 3.23. The molecule has 0 aliphatic carbocycles. The molecule has 1 fully saturated rings. The van der Waals surface area contributed by atoms with Gasteiger partial charge >= 0.3 is 0 Å². The molecule has 1 unspecified atom stereocenters. The zero-order valence-corrected chi connectivity index (χ0v) is 12.8. The largest absolute Gasteiger partial charge is 0.379 e. The van der Waals surface area contributed by atoms with Crippen LogP contribution in [0.25, 0.3) is 0 Å². The summed E-state index contributed by atoms with van der Waals surface area (Å²) in [7, 11) is 0. The third-order valence-corrected chi connectivity index (χ3v) is 4.78. The first-order chi connectivity index (χ1) is 9.04. The van der Waals surface area contributed by atoms with Crippen molar-refractivity contribution in [2.45, 2.75) is 38.8 Å². The van der Waals surface area contributed by atoms with Crippen LogP contribution in [-0.4, -0.2) is 47.8 Å². The summed E-state index contributed by atoms with van der Waals surface area (Å²) in [6.45, 7) is 10.0. The van der Waals surface area contributed by atoms with Gasteiger partial charge in [-0.25, -0.2) is 4.98 Å². The van der Waals surface area contributed by atoms with Crippen LogP contribution in [0.1, 0.15) is 24.5 Å². The van der Waals surface area contributed by atoms with E-state index in [1.54, 1.807) is 11.3 Å². The zero-order valence-electron chi connectivity index (χ0n) is 12.0. The molecule has 0 bridgehead atoms. The zero-order chi connectivity index (χ0) is 13.9. The molecule has 1 aliphatic heterocycles. The lowest BCUT2D eigenvalue weighted by Crippen LogP contribution is -2.62. The van der Waals surface area contributed by atoms with Gasteiger partial charge in [-0.15, -0.1) is 11.3 Å². The number of hydrogen-bond acceptors (Lipinski definition) is 6. The highest BCUT2D eigenvalue weighted by molar-refractivity contribution is 7.09. The minimum atomic E-state index is -0.0178. The van der Waals surface area contributed by atoms with E-state index in [0.717, 1.165) is 43.4 Å². The maximum absolute atomic E-state index is 5.79. The number of nitrogens with two attached hydrogens (primary N) is 1. The predicted octanol–water partition coefficient (Wildman–Crippen LogP) is 0.937. The van der Waals surface area contributed by atoms with Gasteiger partial charge in [-0.1, -0.05) is 0 Å². The van der Waals surface area contributed by atoms with Gasteiger partial charge in [-0.05, 0) is 20.8 Å². The van der Waals surface area contributed by atoms with Crippen molar-refractivity contribution in [1.82, 2.24) is 15.3 Å². The lowest BCUT2D eigenvalue weighted by Gasteiger charge is -2.45. The summed E-state index contributed by atoms with van der Waals surface area (Å²) >= 11 is 1.69. The molecule has 6 heteroatoms. The Morgan fingerprint density at radius 1 is 1.53 bits per heavy atom. The highest BCUT2D eigenvalue weighted by atomic mass is 32.1. The minimum absolute atomic E-state index is 0.0178. The Labute approximate surface area is 119 Å². The molecule has 0 aromatic carbocycles. The Kier molecular flexibility index (Phi) is 4.92. The second-order valence-electron chi connectivity index (χ2n) is 5.53. The topological polar surface area (TPSA) is 63.4 Å². The third-order valence-electron chi connectivity index (χ3n) is 3.96. The normalized spacial score (nSPS) is 19.6. The lowest BCUT2D eigenvalue weighted by molar-refractivity contribution is -0.0233. The molecule has 1 aromatic heterocycles. The molecule has 0 radical (unpaired) electrons. The quantitative estimate of drug-likeness (QED) is 0.622. The molecule has 1 aromatic rings. The van der Waals surface area contributed by atoms with E-state index in [-0.39, 0.29) is 11.6 Å². The van der Waals surface area contributed by atoms with Crippen molar-refractivity contribution in [3.05, 3.63) is 16.1 Å². The Morgan fingerprint density at radius 2 is 2.21 bits per heavy atom. The number of hydrazine groups is 1. The molecule has 1 aliphatic rings. The average Bonchev–Trinajstić information content (AvgIpc) is 2.82. The summed E-state index contributed by atoms with van der Waals surface area (Å²) in [6.07, 6.45) is 0.852. The number of aryl methyl sites for hydroxylation is 1. The summed E-state index contributed by atoms with van der Waals surface area (Å²) in [4.78, 5) is 6.98. The first-order valence-corrected chi connectivity index (χ1v) is 7.62. The SMILES string of the molecule is Cc1nc(CC(NN)C(C)(C)N2CCOCC2)cs1. The first kappa shape index (κ1) is 14.9. The molecule has 3 N–H and O–H groups in total. The average molecular weight is 284 g/mol. The molecule has 108 valence electrons. The van der Waals surface area contributed by atoms with Crippen molar-refractivity contribution in [3.63, 3.8) is 0 Å². The second-order valence-corrected chi connectivity index (χ2v) is 6.60. The molecular weight excluding hydrogens is 260 g/mol. The number of rotatable bonds is 5. The number of aromatic nitrogens is 1. The van der Waals surface area contributed by atoms with E-state index < -0.39 is 0 Å². The van der Waals surface area contributed by atoms with E-state index in [1.165, 1.54) is 0 Å². The summed E-state index contributed by atoms with van der Waals surface area (Å²) < 4.78 is 5.43. The molecule has 5 nitrogen and oxygen atoms in total. The summed E-state index contributed by atoms with van der Waals surface area (Å²) in [5.74, 6) is 5.79. The van der Waals surface area contributed by atoms with Gasteiger partial charge in [0.25, 0.3) is 0 Å². The van der Waals surface area contributed by atoms with Gasteiger partial charge in [0, 0.05) is 36.5 Å². The molecular formula is C13H24N4OS. The molecule has 0 amide bonds. The Bertz CT molecular complexity index is 401. The number of ether oxygens (including phenoxy) is 1. The molecule has 2 heterocycles. The van der Waals surface area contributed by atoms with E-state index in [2.05, 4.69) is 34.5 Å². The van der Waals surface area contributed by atoms with Gasteiger partial charge in [0.1, 0.15) is 0 Å². The smallest absolute Gasteiger partial charge is 0.0897 e. The van der Waals surface area contributed by atoms with Crippen LogP contribution in [0, 0.1) is 6.92 Å². The van der Waals surface area contributed by atoms with Crippen LogP contribution in [0.15, 0.2) is 5.38 Å². The van der Waals surface area contributed by atoms with Gasteiger partial charge in [0.05, 0.1) is 23.9 Å². The molecule has 1 atom stereocenters. The lowest BCUT2D eigenvalue weighted by atomic mass is 9.89. The molecule has 0 saturated carbocycles. The maximum atomic E-state index is 5.79. The van der Waals surface area contributed by atoms with Crippen molar-refractivity contribution >= 4 is 11.3 Å². The van der Waals surface area contributed by atoms with Crippen LogP contribution in [0.5, 0.6) is 0 Å². The Balaban J connectivity index is 2.06. The molecule has 2 rings (SSSR count). The van der Waals surface area contributed by atoms with Gasteiger partial charge in [0.15, 0.2) is 0 Å². The summed E-state index contributed by atoms with van der Waals surface area (Å²) in [5.41, 5.74) is 4.08. The highest BCUT2D eigenvalue weighted by Crippen LogP contribution is 2.23. The maximum Gasteiger partial charge on any atom is 0.0897 e. The van der Waals surface area contributed by atoms with Crippen LogP contribution >= 0.6 is 11.3 Å². The van der Waals surface area contributed by atoms with Crippen LogP contribution in [0.2, 0.25) is 0 Å². The van der Waals surface area contributed by atoms with E-state index >= 15 is 0 Å². The van der Waals surface area contributed by atoms with Crippen molar-refractivity contribution in [1.29, 1.82) is 0 Å². The van der Waals surface area contributed by atoms with Gasteiger partial charge in [-0.3, -0.25) is 16.2 Å². The van der Waals surface area contributed by atoms with Crippen molar-refractivity contribution in [2.75, 3.05) is 26.3 Å². The Hall–Kier alpha value is -0.530. The predicted molar refractivity (Wildman–Crippen MR) is 78.1 cm³/mol. The van der Waals surface area contributed by atoms with Crippen molar-refractivity contribution in [2.24, 2.45) is 5.84 Å². The van der Waals surface area contributed by atoms with Gasteiger partial charge < -0.3 is 4.74 Å². The fourth-order valence-electron chi connectivity index (χ4n) is 2.58. The minimum Gasteiger partial charge on any atom is -0.379 e. The van der Waals surface area contributed by atoms with E-state index in [0.29, 0.717) is 0 Å². The van der Waals surface area contributed by atoms with Crippen LogP contribution in [0.3, 0.4) is 0 Å². The third kappa shape index (κ3) is 3.52. The summed E-state index contributed by atoms with van der Waals surface area (Å²) in [6, 6.07) is 0.173. The van der Waals surface area contributed by atoms with Crippen molar-refractivity contribution in [3.8, 4) is 0 Å².